The van der Waals surface area contributed by atoms with E-state index in [1.165, 1.54) is 0 Å². The maximum absolute atomic E-state index is 12.7. The van der Waals surface area contributed by atoms with Crippen molar-refractivity contribution in [2.24, 2.45) is 5.92 Å². The standard InChI is InChI=1S/C23H31NO8/c1-15-20(30-11-10-19(25)26)17(12-16-8-6-5-7-9-16)13-29-14-18(21(27)31-15)24-22(28)32-23(2,3)4/h5-11,15,17-18,20H,12-14H2,1-4H3,(H,24,28)(H,25,26)/t15-,17+,18-,20-/m0/s1. The van der Waals surface area contributed by atoms with Crippen LogP contribution >= 0.6 is 0 Å². The second-order valence-corrected chi connectivity index (χ2v) is 8.57. The Labute approximate surface area is 187 Å². The number of rotatable bonds is 6. The average molecular weight is 450 g/mol. The fourth-order valence-electron chi connectivity index (χ4n) is 3.27. The number of alkyl carbamates (subject to hydrolysis) is 1. The Kier molecular flexibility index (Phi) is 9.07. The van der Waals surface area contributed by atoms with E-state index in [9.17, 15) is 14.4 Å². The van der Waals surface area contributed by atoms with Crippen molar-refractivity contribution in [3.05, 3.63) is 48.2 Å². The van der Waals surface area contributed by atoms with E-state index in [1.54, 1.807) is 27.7 Å². The number of carboxylic acid groups (broad SMARTS) is 1. The van der Waals surface area contributed by atoms with Crippen LogP contribution in [0.2, 0.25) is 0 Å². The molecule has 1 fully saturated rings. The molecule has 1 aromatic rings. The molecule has 1 heterocycles. The summed E-state index contributed by atoms with van der Waals surface area (Å²) in [6.07, 6.45) is 0.332. The van der Waals surface area contributed by atoms with Crippen molar-refractivity contribution in [2.75, 3.05) is 13.2 Å². The van der Waals surface area contributed by atoms with Gasteiger partial charge in [-0.3, -0.25) is 0 Å². The molecule has 0 aromatic heterocycles. The number of carbonyl (C=O) groups is 3. The van der Waals surface area contributed by atoms with Gasteiger partial charge in [-0.25, -0.2) is 14.4 Å². The highest BCUT2D eigenvalue weighted by molar-refractivity contribution is 5.81. The number of aliphatic carboxylic acids is 1. The third-order valence-corrected chi connectivity index (χ3v) is 4.61. The van der Waals surface area contributed by atoms with Crippen LogP contribution in [0, 0.1) is 5.92 Å². The minimum Gasteiger partial charge on any atom is -0.494 e. The molecule has 0 radical (unpaired) electrons. The Bertz CT molecular complexity index is 802. The summed E-state index contributed by atoms with van der Waals surface area (Å²) in [5.41, 5.74) is 0.301. The molecular formula is C23H31NO8. The van der Waals surface area contributed by atoms with Gasteiger partial charge in [0, 0.05) is 5.92 Å². The first-order valence-corrected chi connectivity index (χ1v) is 10.4. The van der Waals surface area contributed by atoms with E-state index in [4.69, 9.17) is 24.1 Å². The molecule has 32 heavy (non-hydrogen) atoms. The topological polar surface area (TPSA) is 120 Å². The van der Waals surface area contributed by atoms with Gasteiger partial charge in [0.1, 0.15) is 17.8 Å². The highest BCUT2D eigenvalue weighted by atomic mass is 16.6. The van der Waals surface area contributed by atoms with Crippen molar-refractivity contribution in [1.29, 1.82) is 0 Å². The summed E-state index contributed by atoms with van der Waals surface area (Å²) in [6.45, 7) is 6.90. The fraction of sp³-hybridized carbons (Fsp3) is 0.522. The van der Waals surface area contributed by atoms with Gasteiger partial charge >= 0.3 is 18.0 Å². The predicted octanol–water partition coefficient (Wildman–Crippen LogP) is 2.68. The number of amides is 1. The molecule has 1 aliphatic rings. The Morgan fingerprint density at radius 1 is 1.22 bits per heavy atom. The second kappa shape index (κ2) is 11.5. The third-order valence-electron chi connectivity index (χ3n) is 4.61. The molecule has 1 amide bonds. The normalized spacial score (nSPS) is 24.6. The summed E-state index contributed by atoms with van der Waals surface area (Å²) >= 11 is 0. The maximum Gasteiger partial charge on any atom is 0.408 e. The minimum atomic E-state index is -1.16. The van der Waals surface area contributed by atoms with Gasteiger partial charge in [-0.1, -0.05) is 30.3 Å². The van der Waals surface area contributed by atoms with E-state index in [-0.39, 0.29) is 19.1 Å². The van der Waals surface area contributed by atoms with Gasteiger partial charge < -0.3 is 29.4 Å². The molecule has 1 saturated heterocycles. The minimum absolute atomic E-state index is 0.103. The van der Waals surface area contributed by atoms with Gasteiger partial charge in [-0.2, -0.15) is 0 Å². The number of hydrogen-bond acceptors (Lipinski definition) is 7. The number of carboxylic acids is 1. The van der Waals surface area contributed by atoms with Gasteiger partial charge in [-0.15, -0.1) is 0 Å². The van der Waals surface area contributed by atoms with Gasteiger partial charge in [0.2, 0.25) is 0 Å². The fourth-order valence-corrected chi connectivity index (χ4v) is 3.27. The predicted molar refractivity (Wildman–Crippen MR) is 115 cm³/mol. The molecule has 9 heteroatoms. The molecule has 0 aliphatic carbocycles. The van der Waals surface area contributed by atoms with Crippen molar-refractivity contribution in [3.8, 4) is 0 Å². The smallest absolute Gasteiger partial charge is 0.408 e. The van der Waals surface area contributed by atoms with Crippen LogP contribution in [0.3, 0.4) is 0 Å². The molecule has 176 valence electrons. The quantitative estimate of drug-likeness (QED) is 0.386. The van der Waals surface area contributed by atoms with E-state index < -0.39 is 41.9 Å². The van der Waals surface area contributed by atoms with Crippen molar-refractivity contribution in [2.45, 2.75) is 58.0 Å². The molecule has 1 aromatic carbocycles. The van der Waals surface area contributed by atoms with Crippen molar-refractivity contribution in [3.63, 3.8) is 0 Å². The molecule has 2 N–H and O–H groups in total. The zero-order valence-corrected chi connectivity index (χ0v) is 18.8. The van der Waals surface area contributed by atoms with Crippen molar-refractivity contribution >= 4 is 18.0 Å². The van der Waals surface area contributed by atoms with Crippen LogP contribution in [-0.4, -0.2) is 60.2 Å². The van der Waals surface area contributed by atoms with Gasteiger partial charge in [0.25, 0.3) is 0 Å². The van der Waals surface area contributed by atoms with E-state index in [1.807, 2.05) is 30.3 Å². The summed E-state index contributed by atoms with van der Waals surface area (Å²) in [4.78, 5) is 35.7. The van der Waals surface area contributed by atoms with Gasteiger partial charge in [-0.05, 0) is 39.7 Å². The van der Waals surface area contributed by atoms with Gasteiger partial charge in [0.15, 0.2) is 6.04 Å². The summed E-state index contributed by atoms with van der Waals surface area (Å²) < 4.78 is 22.2. The van der Waals surface area contributed by atoms with E-state index >= 15 is 0 Å². The average Bonchev–Trinajstić information content (AvgIpc) is 2.72. The lowest BCUT2D eigenvalue weighted by Crippen LogP contribution is -2.47. The first-order valence-electron chi connectivity index (χ1n) is 10.4. The molecule has 2 rings (SSSR count). The largest absolute Gasteiger partial charge is 0.494 e. The third kappa shape index (κ3) is 8.58. The van der Waals surface area contributed by atoms with Crippen LogP contribution in [0.25, 0.3) is 0 Å². The van der Waals surface area contributed by atoms with Crippen LogP contribution in [0.1, 0.15) is 33.3 Å². The highest BCUT2D eigenvalue weighted by Crippen LogP contribution is 2.23. The number of hydrogen-bond donors (Lipinski definition) is 2. The first kappa shape index (κ1) is 25.2. The highest BCUT2D eigenvalue weighted by Gasteiger charge is 2.36. The summed E-state index contributed by atoms with van der Waals surface area (Å²) in [6, 6.07) is 8.59. The molecule has 4 atom stereocenters. The summed E-state index contributed by atoms with van der Waals surface area (Å²) in [7, 11) is 0. The summed E-state index contributed by atoms with van der Waals surface area (Å²) in [5.74, 6) is -2.10. The number of carbonyl (C=O) groups excluding carboxylic acids is 2. The lowest BCUT2D eigenvalue weighted by atomic mass is 9.91. The van der Waals surface area contributed by atoms with Crippen LogP contribution < -0.4 is 5.32 Å². The molecule has 9 nitrogen and oxygen atoms in total. The monoisotopic (exact) mass is 449 g/mol. The number of nitrogens with one attached hydrogen (secondary N) is 1. The number of ether oxygens (including phenoxy) is 4. The number of esters is 1. The number of benzene rings is 1. The maximum atomic E-state index is 12.7. The Morgan fingerprint density at radius 3 is 2.53 bits per heavy atom. The van der Waals surface area contributed by atoms with E-state index in [2.05, 4.69) is 5.32 Å². The van der Waals surface area contributed by atoms with Crippen LogP contribution in [-0.2, 0) is 35.0 Å². The lowest BCUT2D eigenvalue weighted by molar-refractivity contribution is -0.157. The Balaban J connectivity index is 2.19. The van der Waals surface area contributed by atoms with Crippen LogP contribution in [0.4, 0.5) is 4.79 Å². The lowest BCUT2D eigenvalue weighted by Gasteiger charge is -2.30. The summed E-state index contributed by atoms with van der Waals surface area (Å²) in [5, 5.41) is 11.4. The molecule has 0 bridgehead atoms. The molecule has 0 spiro atoms. The molecular weight excluding hydrogens is 418 g/mol. The van der Waals surface area contributed by atoms with Crippen LogP contribution in [0.15, 0.2) is 42.7 Å². The molecule has 0 saturated carbocycles. The zero-order chi connectivity index (χ0) is 23.7. The second-order valence-electron chi connectivity index (χ2n) is 8.57. The van der Waals surface area contributed by atoms with Crippen molar-refractivity contribution < 1.29 is 38.4 Å². The first-order chi connectivity index (χ1) is 15.0. The van der Waals surface area contributed by atoms with E-state index in [0.717, 1.165) is 17.9 Å². The number of cyclic esters (lactones) is 1. The van der Waals surface area contributed by atoms with Crippen molar-refractivity contribution in [1.82, 2.24) is 5.32 Å². The van der Waals surface area contributed by atoms with Gasteiger partial charge in [0.05, 0.1) is 25.6 Å². The Hall–Kier alpha value is -3.07. The van der Waals surface area contributed by atoms with Crippen LogP contribution in [0.5, 0.6) is 0 Å². The SMILES string of the molecule is C[C@@H]1OC(=O)[C@@H](NC(=O)OC(C)(C)C)COC[C@@H](Cc2ccccc2)[C@H]1OC=CC(=O)O. The zero-order valence-electron chi connectivity index (χ0n) is 18.8. The van der Waals surface area contributed by atoms with E-state index in [0.29, 0.717) is 6.42 Å². The molecule has 0 unspecified atom stereocenters. The molecule has 1 aliphatic heterocycles. The Morgan fingerprint density at radius 2 is 1.91 bits per heavy atom.